The van der Waals surface area contributed by atoms with E-state index >= 15 is 0 Å². The molecule has 4 rings (SSSR count). The maximum absolute atomic E-state index is 11.2. The Balaban J connectivity index is 1.85. The maximum Gasteiger partial charge on any atom is 0.0680 e. The highest BCUT2D eigenvalue weighted by molar-refractivity contribution is 6.76. The Morgan fingerprint density at radius 2 is 1.38 bits per heavy atom. The molecule has 4 aliphatic rings. The van der Waals surface area contributed by atoms with Gasteiger partial charge in [0.2, 0.25) is 0 Å². The monoisotopic (exact) mass is 238 g/mol. The molecule has 4 fully saturated rings. The van der Waals surface area contributed by atoms with Crippen LogP contribution in [0.5, 0.6) is 0 Å². The van der Waals surface area contributed by atoms with Crippen LogP contribution in [0.3, 0.4) is 0 Å². The van der Waals surface area contributed by atoms with Crippen molar-refractivity contribution in [3.63, 3.8) is 0 Å². The summed E-state index contributed by atoms with van der Waals surface area (Å²) in [4.78, 5) is 0. The van der Waals surface area contributed by atoms with Gasteiger partial charge in [0.05, 0.1) is 5.60 Å². The highest BCUT2D eigenvalue weighted by Gasteiger charge is 2.57. The van der Waals surface area contributed by atoms with Crippen LogP contribution in [0, 0.1) is 23.7 Å². The molecule has 0 aromatic heterocycles. The van der Waals surface area contributed by atoms with Crippen molar-refractivity contribution >= 4 is 8.07 Å². The first-order valence-electron chi connectivity index (χ1n) is 7.09. The molecule has 0 atom stereocenters. The van der Waals surface area contributed by atoms with Crippen molar-refractivity contribution in [2.75, 3.05) is 0 Å². The Labute approximate surface area is 101 Å². The fraction of sp³-hybridized carbons (Fsp3) is 1.00. The topological polar surface area (TPSA) is 20.2 Å². The fourth-order valence-electron chi connectivity index (χ4n) is 5.14. The zero-order valence-electron chi connectivity index (χ0n) is 11.0. The second-order valence-corrected chi connectivity index (χ2v) is 13.5. The molecule has 0 unspecified atom stereocenters. The van der Waals surface area contributed by atoms with Crippen LogP contribution in [0.4, 0.5) is 0 Å². The van der Waals surface area contributed by atoms with E-state index in [1.54, 1.807) is 0 Å². The summed E-state index contributed by atoms with van der Waals surface area (Å²) in [6.45, 7) is 7.24. The summed E-state index contributed by atoms with van der Waals surface area (Å²) in [6, 6.07) is 1.15. The minimum absolute atomic E-state index is 0.252. The molecule has 4 bridgehead atoms. The zero-order chi connectivity index (χ0) is 11.6. The van der Waals surface area contributed by atoms with Gasteiger partial charge in [-0.25, -0.2) is 0 Å². The van der Waals surface area contributed by atoms with E-state index in [1.165, 1.54) is 32.1 Å². The Hall–Kier alpha value is 0.177. The van der Waals surface area contributed by atoms with Gasteiger partial charge in [-0.3, -0.25) is 0 Å². The largest absolute Gasteiger partial charge is 0.390 e. The number of hydrogen-bond acceptors (Lipinski definition) is 1. The Morgan fingerprint density at radius 1 is 0.938 bits per heavy atom. The molecule has 0 heterocycles. The van der Waals surface area contributed by atoms with E-state index in [9.17, 15) is 5.11 Å². The molecule has 0 aromatic carbocycles. The smallest absolute Gasteiger partial charge is 0.0680 e. The van der Waals surface area contributed by atoms with Gasteiger partial charge in [0.1, 0.15) is 0 Å². The molecular weight excluding hydrogens is 212 g/mol. The lowest BCUT2D eigenvalue weighted by molar-refractivity contribution is -0.161. The molecule has 0 aromatic rings. The van der Waals surface area contributed by atoms with Crippen LogP contribution < -0.4 is 0 Å². The molecular formula is C14H26OSi. The number of rotatable bonds is 2. The third kappa shape index (κ3) is 1.69. The number of hydrogen-bond donors (Lipinski definition) is 1. The summed E-state index contributed by atoms with van der Waals surface area (Å²) in [7, 11) is -1.14. The SMILES string of the molecule is C[Si](C)(C)CC1(O)C2CC3CC(C2)CC1C3. The van der Waals surface area contributed by atoms with Crippen LogP contribution in [0.2, 0.25) is 25.7 Å². The second kappa shape index (κ2) is 3.35. The van der Waals surface area contributed by atoms with Gasteiger partial charge in [0.25, 0.3) is 0 Å². The third-order valence-electron chi connectivity index (χ3n) is 5.37. The van der Waals surface area contributed by atoms with Gasteiger partial charge < -0.3 is 5.11 Å². The lowest BCUT2D eigenvalue weighted by atomic mass is 9.50. The van der Waals surface area contributed by atoms with E-state index in [1.807, 2.05) is 0 Å². The lowest BCUT2D eigenvalue weighted by Crippen LogP contribution is -2.59. The predicted molar refractivity (Wildman–Crippen MR) is 70.1 cm³/mol. The highest BCUT2D eigenvalue weighted by atomic mass is 28.3. The standard InChI is InChI=1S/C14H26OSi/c1-16(2,3)9-14(15)12-5-10-4-11(7-12)8-13(14)6-10/h10-13,15H,4-9H2,1-3H3. The third-order valence-corrected chi connectivity index (χ3v) is 6.99. The second-order valence-electron chi connectivity index (χ2n) is 8.03. The first kappa shape index (κ1) is 11.3. The quantitative estimate of drug-likeness (QED) is 0.730. The molecule has 0 saturated heterocycles. The van der Waals surface area contributed by atoms with Gasteiger partial charge in [-0.15, -0.1) is 0 Å². The normalized spacial score (nSPS) is 51.0. The van der Waals surface area contributed by atoms with Gasteiger partial charge >= 0.3 is 0 Å². The van der Waals surface area contributed by atoms with Crippen molar-refractivity contribution < 1.29 is 5.11 Å². The minimum Gasteiger partial charge on any atom is -0.390 e. The van der Waals surface area contributed by atoms with E-state index in [0.29, 0.717) is 11.8 Å². The summed E-state index contributed by atoms with van der Waals surface area (Å²) in [6.07, 6.45) is 6.85. The highest BCUT2D eigenvalue weighted by Crippen LogP contribution is 2.60. The van der Waals surface area contributed by atoms with Gasteiger partial charge in [0.15, 0.2) is 0 Å². The summed E-state index contributed by atoms with van der Waals surface area (Å²) in [5.41, 5.74) is -0.252. The van der Waals surface area contributed by atoms with E-state index in [4.69, 9.17) is 0 Å². The average Bonchev–Trinajstić information content (AvgIpc) is 2.10. The van der Waals surface area contributed by atoms with Crippen molar-refractivity contribution in [1.29, 1.82) is 0 Å². The van der Waals surface area contributed by atoms with Crippen molar-refractivity contribution in [1.82, 2.24) is 0 Å². The predicted octanol–water partition coefficient (Wildman–Crippen LogP) is 3.51. The van der Waals surface area contributed by atoms with E-state index in [-0.39, 0.29) is 5.60 Å². The van der Waals surface area contributed by atoms with Crippen molar-refractivity contribution in [2.24, 2.45) is 23.7 Å². The average molecular weight is 238 g/mol. The minimum atomic E-state index is -1.14. The molecule has 2 heteroatoms. The van der Waals surface area contributed by atoms with E-state index in [2.05, 4.69) is 19.6 Å². The molecule has 0 amide bonds. The van der Waals surface area contributed by atoms with Crippen LogP contribution >= 0.6 is 0 Å². The molecule has 4 aliphatic carbocycles. The van der Waals surface area contributed by atoms with Crippen LogP contribution in [0.1, 0.15) is 32.1 Å². The molecule has 1 nitrogen and oxygen atoms in total. The zero-order valence-corrected chi connectivity index (χ0v) is 12.0. The van der Waals surface area contributed by atoms with Crippen LogP contribution in [0.15, 0.2) is 0 Å². The molecule has 92 valence electrons. The summed E-state index contributed by atoms with van der Waals surface area (Å²) < 4.78 is 0. The fourth-order valence-corrected chi connectivity index (χ4v) is 7.41. The van der Waals surface area contributed by atoms with Crippen molar-refractivity contribution in [2.45, 2.75) is 63.4 Å². The van der Waals surface area contributed by atoms with E-state index < -0.39 is 8.07 Å². The van der Waals surface area contributed by atoms with Crippen molar-refractivity contribution in [3.05, 3.63) is 0 Å². The Bertz CT molecular complexity index is 264. The van der Waals surface area contributed by atoms with Gasteiger partial charge in [0, 0.05) is 8.07 Å². The van der Waals surface area contributed by atoms with Gasteiger partial charge in [-0.1, -0.05) is 19.6 Å². The number of aliphatic hydroxyl groups is 1. The summed E-state index contributed by atoms with van der Waals surface area (Å²) >= 11 is 0. The first-order chi connectivity index (χ1) is 7.37. The van der Waals surface area contributed by atoms with Crippen LogP contribution in [-0.2, 0) is 0 Å². The summed E-state index contributed by atoms with van der Waals surface area (Å²) in [5.74, 6) is 3.28. The Kier molecular flexibility index (Phi) is 2.36. The molecule has 4 saturated carbocycles. The molecule has 16 heavy (non-hydrogen) atoms. The van der Waals surface area contributed by atoms with Gasteiger partial charge in [-0.05, 0) is 61.8 Å². The first-order valence-corrected chi connectivity index (χ1v) is 10.8. The van der Waals surface area contributed by atoms with Gasteiger partial charge in [-0.2, -0.15) is 0 Å². The van der Waals surface area contributed by atoms with Crippen LogP contribution in [0.25, 0.3) is 0 Å². The molecule has 1 N–H and O–H groups in total. The van der Waals surface area contributed by atoms with Crippen molar-refractivity contribution in [3.8, 4) is 0 Å². The summed E-state index contributed by atoms with van der Waals surface area (Å²) in [5, 5.41) is 11.2. The molecule has 0 spiro atoms. The lowest BCUT2D eigenvalue weighted by Gasteiger charge is -2.60. The molecule has 0 radical (unpaired) electrons. The maximum atomic E-state index is 11.2. The Morgan fingerprint density at radius 3 is 1.75 bits per heavy atom. The molecule has 0 aliphatic heterocycles. The van der Waals surface area contributed by atoms with Crippen LogP contribution in [-0.4, -0.2) is 18.8 Å². The van der Waals surface area contributed by atoms with E-state index in [0.717, 1.165) is 17.9 Å².